The predicted octanol–water partition coefficient (Wildman–Crippen LogP) is 4.94. The number of carbonyl (C=O) groups excluding carboxylic acids is 1. The standard InChI is InChI=1S/C17H21Cl2NO2/c1-22-16(21)15-13(19)10-12(18)11-14(15)20-8-6-17(7-9-20)4-2-3-5-17/h10-11H,2-9H2,1H3. The van der Waals surface area contributed by atoms with E-state index in [-0.39, 0.29) is 0 Å². The van der Waals surface area contributed by atoms with Crippen molar-refractivity contribution in [2.75, 3.05) is 25.1 Å². The Morgan fingerprint density at radius 2 is 1.77 bits per heavy atom. The van der Waals surface area contributed by atoms with E-state index in [4.69, 9.17) is 27.9 Å². The van der Waals surface area contributed by atoms with Gasteiger partial charge in [0.25, 0.3) is 0 Å². The molecule has 22 heavy (non-hydrogen) atoms. The fourth-order valence-corrected chi connectivity index (χ4v) is 4.52. The summed E-state index contributed by atoms with van der Waals surface area (Å²) in [6.07, 6.45) is 7.77. The molecule has 0 amide bonds. The van der Waals surface area contributed by atoms with E-state index in [1.807, 2.05) is 6.07 Å². The molecule has 3 rings (SSSR count). The smallest absolute Gasteiger partial charge is 0.341 e. The lowest BCUT2D eigenvalue weighted by Crippen LogP contribution is -2.39. The Balaban J connectivity index is 1.87. The van der Waals surface area contributed by atoms with E-state index < -0.39 is 5.97 Å². The van der Waals surface area contributed by atoms with E-state index in [1.54, 1.807) is 6.07 Å². The Kier molecular flexibility index (Phi) is 4.56. The number of piperidine rings is 1. The third-order valence-corrected chi connectivity index (χ3v) is 5.77. The van der Waals surface area contributed by atoms with Crippen LogP contribution in [0, 0.1) is 5.41 Å². The van der Waals surface area contributed by atoms with Gasteiger partial charge in [0.1, 0.15) is 5.56 Å². The van der Waals surface area contributed by atoms with Gasteiger partial charge in [0.15, 0.2) is 0 Å². The molecular formula is C17H21Cl2NO2. The number of nitrogens with zero attached hydrogens (tertiary/aromatic N) is 1. The Labute approximate surface area is 141 Å². The van der Waals surface area contributed by atoms with E-state index in [0.717, 1.165) is 18.8 Å². The Morgan fingerprint density at radius 1 is 1.14 bits per heavy atom. The van der Waals surface area contributed by atoms with Gasteiger partial charge in [0.2, 0.25) is 0 Å². The molecule has 1 spiro atoms. The molecular weight excluding hydrogens is 321 g/mol. The summed E-state index contributed by atoms with van der Waals surface area (Å²) >= 11 is 12.4. The molecule has 1 aromatic carbocycles. The summed E-state index contributed by atoms with van der Waals surface area (Å²) < 4.78 is 4.89. The minimum Gasteiger partial charge on any atom is -0.465 e. The van der Waals surface area contributed by atoms with Crippen LogP contribution in [0.4, 0.5) is 5.69 Å². The molecule has 2 fully saturated rings. The highest BCUT2D eigenvalue weighted by molar-refractivity contribution is 6.37. The number of ether oxygens (including phenoxy) is 1. The molecule has 1 aliphatic heterocycles. The number of hydrogen-bond donors (Lipinski definition) is 0. The minimum absolute atomic E-state index is 0.357. The maximum Gasteiger partial charge on any atom is 0.341 e. The second kappa shape index (κ2) is 6.29. The Morgan fingerprint density at radius 3 is 2.36 bits per heavy atom. The minimum atomic E-state index is -0.405. The summed E-state index contributed by atoms with van der Waals surface area (Å²) in [6, 6.07) is 3.42. The van der Waals surface area contributed by atoms with Gasteiger partial charge in [-0.3, -0.25) is 0 Å². The van der Waals surface area contributed by atoms with E-state index >= 15 is 0 Å². The van der Waals surface area contributed by atoms with Crippen LogP contribution in [0.1, 0.15) is 48.9 Å². The number of carbonyl (C=O) groups is 1. The van der Waals surface area contributed by atoms with Crippen molar-refractivity contribution in [3.05, 3.63) is 27.7 Å². The van der Waals surface area contributed by atoms with E-state index in [2.05, 4.69) is 4.90 Å². The fraction of sp³-hybridized carbons (Fsp3) is 0.588. The number of halogens is 2. The molecule has 1 saturated carbocycles. The highest BCUT2D eigenvalue weighted by Crippen LogP contribution is 2.47. The normalized spacial score (nSPS) is 20.4. The lowest BCUT2D eigenvalue weighted by atomic mass is 9.77. The summed E-state index contributed by atoms with van der Waals surface area (Å²) in [7, 11) is 1.38. The highest BCUT2D eigenvalue weighted by Gasteiger charge is 2.37. The molecule has 2 aliphatic rings. The van der Waals surface area contributed by atoms with Crippen LogP contribution in [0.15, 0.2) is 12.1 Å². The maximum absolute atomic E-state index is 12.1. The number of anilines is 1. The molecule has 5 heteroatoms. The predicted molar refractivity (Wildman–Crippen MR) is 90.1 cm³/mol. The first-order valence-corrected chi connectivity index (χ1v) is 8.63. The van der Waals surface area contributed by atoms with Crippen molar-refractivity contribution in [2.24, 2.45) is 5.41 Å². The largest absolute Gasteiger partial charge is 0.465 e. The summed E-state index contributed by atoms with van der Waals surface area (Å²) in [4.78, 5) is 14.3. The van der Waals surface area contributed by atoms with Gasteiger partial charge in [0.05, 0.1) is 17.8 Å². The van der Waals surface area contributed by atoms with Crippen molar-refractivity contribution in [2.45, 2.75) is 38.5 Å². The number of rotatable bonds is 2. The van der Waals surface area contributed by atoms with Crippen LogP contribution in [0.2, 0.25) is 10.0 Å². The van der Waals surface area contributed by atoms with Crippen molar-refractivity contribution >= 4 is 34.9 Å². The third-order valence-electron chi connectivity index (χ3n) is 5.25. The number of methoxy groups -OCH3 is 1. The van der Waals surface area contributed by atoms with Crippen LogP contribution in [0.3, 0.4) is 0 Å². The summed E-state index contributed by atoms with van der Waals surface area (Å²) in [5, 5.41) is 0.907. The molecule has 120 valence electrons. The zero-order valence-corrected chi connectivity index (χ0v) is 14.3. The second-order valence-corrected chi connectivity index (χ2v) is 7.31. The summed E-state index contributed by atoms with van der Waals surface area (Å²) in [5.74, 6) is -0.405. The first-order valence-electron chi connectivity index (χ1n) is 7.87. The van der Waals surface area contributed by atoms with Gasteiger partial charge in [-0.25, -0.2) is 4.79 Å². The van der Waals surface area contributed by atoms with Gasteiger partial charge < -0.3 is 9.64 Å². The molecule has 1 aromatic rings. The highest BCUT2D eigenvalue weighted by atomic mass is 35.5. The number of esters is 1. The lowest BCUT2D eigenvalue weighted by molar-refractivity contribution is 0.0601. The van der Waals surface area contributed by atoms with E-state index in [9.17, 15) is 4.79 Å². The Hall–Kier alpha value is -0.930. The lowest BCUT2D eigenvalue weighted by Gasteiger charge is -2.41. The SMILES string of the molecule is COC(=O)c1c(Cl)cc(Cl)cc1N1CCC2(CCCC2)CC1. The molecule has 1 heterocycles. The van der Waals surface area contributed by atoms with Crippen molar-refractivity contribution in [1.82, 2.24) is 0 Å². The van der Waals surface area contributed by atoms with Crippen molar-refractivity contribution in [1.29, 1.82) is 0 Å². The molecule has 0 bridgehead atoms. The molecule has 0 N–H and O–H groups in total. The Bertz CT molecular complexity index is 572. The number of hydrogen-bond acceptors (Lipinski definition) is 3. The second-order valence-electron chi connectivity index (χ2n) is 6.47. The third kappa shape index (κ3) is 2.93. The molecule has 0 atom stereocenters. The van der Waals surface area contributed by atoms with E-state index in [0.29, 0.717) is 21.0 Å². The molecule has 1 aliphatic carbocycles. The first kappa shape index (κ1) is 15.9. The van der Waals surface area contributed by atoms with Crippen molar-refractivity contribution in [3.63, 3.8) is 0 Å². The van der Waals surface area contributed by atoms with Gasteiger partial charge in [-0.2, -0.15) is 0 Å². The van der Waals surface area contributed by atoms with Crippen LogP contribution in [-0.4, -0.2) is 26.2 Å². The van der Waals surface area contributed by atoms with Crippen molar-refractivity contribution in [3.8, 4) is 0 Å². The zero-order chi connectivity index (χ0) is 15.7. The molecule has 0 aromatic heterocycles. The van der Waals surface area contributed by atoms with Gasteiger partial charge in [-0.05, 0) is 43.2 Å². The number of benzene rings is 1. The van der Waals surface area contributed by atoms with E-state index in [1.165, 1.54) is 45.6 Å². The van der Waals surface area contributed by atoms with Gasteiger partial charge in [0, 0.05) is 18.1 Å². The molecule has 1 saturated heterocycles. The topological polar surface area (TPSA) is 29.5 Å². The average Bonchev–Trinajstić information content (AvgIpc) is 2.95. The quantitative estimate of drug-likeness (QED) is 0.713. The monoisotopic (exact) mass is 341 g/mol. The zero-order valence-electron chi connectivity index (χ0n) is 12.8. The first-order chi connectivity index (χ1) is 10.5. The van der Waals surface area contributed by atoms with Crippen LogP contribution >= 0.6 is 23.2 Å². The summed E-state index contributed by atoms with van der Waals surface area (Å²) in [5.41, 5.74) is 1.76. The van der Waals surface area contributed by atoms with Crippen molar-refractivity contribution < 1.29 is 9.53 Å². The fourth-order valence-electron chi connectivity index (χ4n) is 3.96. The molecule has 0 radical (unpaired) electrons. The van der Waals surface area contributed by atoms with Crippen LogP contribution in [0.25, 0.3) is 0 Å². The van der Waals surface area contributed by atoms with Crippen LogP contribution in [-0.2, 0) is 4.74 Å². The van der Waals surface area contributed by atoms with Gasteiger partial charge >= 0.3 is 5.97 Å². The van der Waals surface area contributed by atoms with Gasteiger partial charge in [-0.15, -0.1) is 0 Å². The maximum atomic E-state index is 12.1. The van der Waals surface area contributed by atoms with Gasteiger partial charge in [-0.1, -0.05) is 36.0 Å². The van der Waals surface area contributed by atoms with Crippen LogP contribution < -0.4 is 4.90 Å². The molecule has 0 unspecified atom stereocenters. The molecule has 3 nitrogen and oxygen atoms in total. The van der Waals surface area contributed by atoms with Crippen LogP contribution in [0.5, 0.6) is 0 Å². The average molecular weight is 342 g/mol. The summed E-state index contributed by atoms with van der Waals surface area (Å²) in [6.45, 7) is 1.89.